The highest BCUT2D eigenvalue weighted by molar-refractivity contribution is 5.32. The molecule has 0 saturated heterocycles. The Labute approximate surface area is 119 Å². The molecule has 20 heavy (non-hydrogen) atoms. The molecule has 2 rings (SSSR count). The lowest BCUT2D eigenvalue weighted by Crippen LogP contribution is -2.07. The molecular formula is C16H19N3O. The van der Waals surface area contributed by atoms with E-state index in [1.807, 2.05) is 16.9 Å². The van der Waals surface area contributed by atoms with Crippen LogP contribution in [0.15, 0.2) is 36.5 Å². The van der Waals surface area contributed by atoms with E-state index in [2.05, 4.69) is 25.0 Å². The van der Waals surface area contributed by atoms with Gasteiger partial charge in [-0.15, -0.1) is 0 Å². The van der Waals surface area contributed by atoms with Gasteiger partial charge in [0, 0.05) is 18.7 Å². The Morgan fingerprint density at radius 3 is 2.60 bits per heavy atom. The largest absolute Gasteiger partial charge is 0.388 e. The molecule has 104 valence electrons. The van der Waals surface area contributed by atoms with E-state index in [0.29, 0.717) is 18.0 Å². The van der Waals surface area contributed by atoms with Crippen LogP contribution in [0.2, 0.25) is 0 Å². The van der Waals surface area contributed by atoms with E-state index in [1.165, 1.54) is 0 Å². The Kier molecular flexibility index (Phi) is 4.54. The molecule has 0 aliphatic heterocycles. The number of aliphatic hydroxyl groups is 1. The van der Waals surface area contributed by atoms with Crippen molar-refractivity contribution < 1.29 is 5.11 Å². The molecule has 0 radical (unpaired) electrons. The predicted molar refractivity (Wildman–Crippen MR) is 77.0 cm³/mol. The van der Waals surface area contributed by atoms with E-state index in [4.69, 9.17) is 5.26 Å². The maximum absolute atomic E-state index is 10.2. The first-order chi connectivity index (χ1) is 9.63. The lowest BCUT2D eigenvalue weighted by molar-refractivity contribution is 0.177. The van der Waals surface area contributed by atoms with Crippen LogP contribution >= 0.6 is 0 Å². The van der Waals surface area contributed by atoms with Crippen LogP contribution in [0.4, 0.5) is 0 Å². The second-order valence-corrected chi connectivity index (χ2v) is 5.00. The van der Waals surface area contributed by atoms with Crippen LogP contribution in [0.1, 0.15) is 49.2 Å². The fraction of sp³-hybridized carbons (Fsp3) is 0.375. The fourth-order valence-corrected chi connectivity index (χ4v) is 2.01. The van der Waals surface area contributed by atoms with E-state index in [-0.39, 0.29) is 0 Å². The van der Waals surface area contributed by atoms with Crippen molar-refractivity contribution in [1.29, 1.82) is 5.26 Å². The van der Waals surface area contributed by atoms with Crippen LogP contribution in [0.5, 0.6) is 0 Å². The van der Waals surface area contributed by atoms with Crippen LogP contribution in [-0.4, -0.2) is 14.9 Å². The van der Waals surface area contributed by atoms with Crippen LogP contribution in [0.25, 0.3) is 0 Å². The molecule has 4 nitrogen and oxygen atoms in total. The topological polar surface area (TPSA) is 61.8 Å². The first-order valence-corrected chi connectivity index (χ1v) is 6.86. The van der Waals surface area contributed by atoms with Crippen molar-refractivity contribution in [2.75, 3.05) is 0 Å². The molecular weight excluding hydrogens is 250 g/mol. The van der Waals surface area contributed by atoms with Gasteiger partial charge in [-0.25, -0.2) is 0 Å². The third kappa shape index (κ3) is 3.25. The van der Waals surface area contributed by atoms with Crippen LogP contribution in [0, 0.1) is 11.3 Å². The Morgan fingerprint density at radius 1 is 1.30 bits per heavy atom. The summed E-state index contributed by atoms with van der Waals surface area (Å²) < 4.78 is 1.93. The minimum absolute atomic E-state index is 0.371. The molecule has 0 aliphatic carbocycles. The van der Waals surface area contributed by atoms with Gasteiger partial charge in [0.05, 0.1) is 23.4 Å². The number of aromatic nitrogens is 2. The van der Waals surface area contributed by atoms with Gasteiger partial charge in [0.2, 0.25) is 0 Å². The van der Waals surface area contributed by atoms with Gasteiger partial charge in [-0.05, 0) is 37.1 Å². The van der Waals surface area contributed by atoms with Crippen LogP contribution < -0.4 is 0 Å². The Hall–Kier alpha value is -2.12. The fourth-order valence-electron chi connectivity index (χ4n) is 2.01. The van der Waals surface area contributed by atoms with Crippen molar-refractivity contribution in [3.63, 3.8) is 0 Å². The molecule has 1 aromatic carbocycles. The maximum Gasteiger partial charge on any atom is 0.0991 e. The summed E-state index contributed by atoms with van der Waals surface area (Å²) in [5.41, 5.74) is 2.28. The summed E-state index contributed by atoms with van der Waals surface area (Å²) in [6.45, 7) is 4.24. The monoisotopic (exact) mass is 269 g/mol. The molecule has 0 fully saturated rings. The van der Waals surface area contributed by atoms with Crippen molar-refractivity contribution in [3.05, 3.63) is 53.3 Å². The SMILES string of the molecule is CCC(C)n1ccc(CC(O)c2ccc(C#N)cc2)n1. The van der Waals surface area contributed by atoms with Gasteiger partial charge in [-0.1, -0.05) is 19.1 Å². The van der Waals surface area contributed by atoms with Crippen LogP contribution in [-0.2, 0) is 6.42 Å². The minimum Gasteiger partial charge on any atom is -0.388 e. The zero-order valence-corrected chi connectivity index (χ0v) is 11.8. The number of hydrogen-bond acceptors (Lipinski definition) is 3. The van der Waals surface area contributed by atoms with Gasteiger partial charge in [-0.3, -0.25) is 4.68 Å². The summed E-state index contributed by atoms with van der Waals surface area (Å²) in [7, 11) is 0. The molecule has 0 spiro atoms. The predicted octanol–water partition coefficient (Wildman–Crippen LogP) is 3.00. The molecule has 1 N–H and O–H groups in total. The van der Waals surface area contributed by atoms with Gasteiger partial charge in [-0.2, -0.15) is 10.4 Å². The summed E-state index contributed by atoms with van der Waals surface area (Å²) in [5.74, 6) is 0. The minimum atomic E-state index is -0.594. The highest BCUT2D eigenvalue weighted by Crippen LogP contribution is 2.19. The number of hydrogen-bond donors (Lipinski definition) is 1. The molecule has 2 unspecified atom stereocenters. The smallest absolute Gasteiger partial charge is 0.0991 e. The van der Waals surface area contributed by atoms with Crippen molar-refractivity contribution in [2.24, 2.45) is 0 Å². The zero-order chi connectivity index (χ0) is 14.5. The molecule has 1 aromatic heterocycles. The summed E-state index contributed by atoms with van der Waals surface area (Å²) in [6.07, 6.45) is 2.87. The van der Waals surface area contributed by atoms with Crippen LogP contribution in [0.3, 0.4) is 0 Å². The van der Waals surface area contributed by atoms with Gasteiger partial charge in [0.1, 0.15) is 0 Å². The van der Waals surface area contributed by atoms with Crippen molar-refractivity contribution in [3.8, 4) is 6.07 Å². The van der Waals surface area contributed by atoms with Gasteiger partial charge >= 0.3 is 0 Å². The van der Waals surface area contributed by atoms with Crippen molar-refractivity contribution in [1.82, 2.24) is 9.78 Å². The molecule has 0 bridgehead atoms. The van der Waals surface area contributed by atoms with E-state index >= 15 is 0 Å². The average Bonchev–Trinajstić information content (AvgIpc) is 2.95. The molecule has 2 atom stereocenters. The molecule has 4 heteroatoms. The third-order valence-corrected chi connectivity index (χ3v) is 3.53. The van der Waals surface area contributed by atoms with E-state index in [9.17, 15) is 5.11 Å². The quantitative estimate of drug-likeness (QED) is 0.907. The molecule has 1 heterocycles. The average molecular weight is 269 g/mol. The summed E-state index contributed by atoms with van der Waals surface area (Å²) in [6, 6.07) is 11.4. The van der Waals surface area contributed by atoms with E-state index in [0.717, 1.165) is 17.7 Å². The number of benzene rings is 1. The second kappa shape index (κ2) is 6.36. The first-order valence-electron chi connectivity index (χ1n) is 6.86. The lowest BCUT2D eigenvalue weighted by atomic mass is 10.0. The number of nitrogens with zero attached hydrogens (tertiary/aromatic N) is 3. The molecule has 0 amide bonds. The number of nitriles is 1. The van der Waals surface area contributed by atoms with Gasteiger partial charge in [0.25, 0.3) is 0 Å². The highest BCUT2D eigenvalue weighted by atomic mass is 16.3. The number of rotatable bonds is 5. The Bertz CT molecular complexity index is 595. The van der Waals surface area contributed by atoms with E-state index in [1.54, 1.807) is 24.3 Å². The normalized spacial score (nSPS) is 13.7. The zero-order valence-electron chi connectivity index (χ0n) is 11.8. The van der Waals surface area contributed by atoms with Crippen molar-refractivity contribution >= 4 is 0 Å². The molecule has 0 aliphatic rings. The van der Waals surface area contributed by atoms with E-state index < -0.39 is 6.10 Å². The highest BCUT2D eigenvalue weighted by Gasteiger charge is 2.12. The van der Waals surface area contributed by atoms with Gasteiger partial charge in [0.15, 0.2) is 0 Å². The number of aliphatic hydroxyl groups excluding tert-OH is 1. The third-order valence-electron chi connectivity index (χ3n) is 3.53. The molecule has 0 saturated carbocycles. The Balaban J connectivity index is 2.05. The first kappa shape index (κ1) is 14.3. The van der Waals surface area contributed by atoms with Gasteiger partial charge < -0.3 is 5.11 Å². The second-order valence-electron chi connectivity index (χ2n) is 5.00. The Morgan fingerprint density at radius 2 is 2.00 bits per heavy atom. The molecule has 2 aromatic rings. The summed E-state index contributed by atoms with van der Waals surface area (Å²) in [5, 5.41) is 23.5. The maximum atomic E-state index is 10.2. The lowest BCUT2D eigenvalue weighted by Gasteiger charge is -2.10. The standard InChI is InChI=1S/C16H19N3O/c1-3-12(2)19-9-8-15(18-19)10-16(20)14-6-4-13(11-17)5-7-14/h4-9,12,16,20H,3,10H2,1-2H3. The van der Waals surface area contributed by atoms with Crippen molar-refractivity contribution in [2.45, 2.75) is 38.8 Å². The summed E-state index contributed by atoms with van der Waals surface area (Å²) in [4.78, 5) is 0. The summed E-state index contributed by atoms with van der Waals surface area (Å²) >= 11 is 0.